The van der Waals surface area contributed by atoms with Crippen molar-refractivity contribution in [2.24, 2.45) is 0 Å². The maximum absolute atomic E-state index is 5.73. The topological polar surface area (TPSA) is 36.9 Å². The van der Waals surface area contributed by atoms with E-state index in [1.54, 1.807) is 14.2 Å². The SMILES string of the molecule is CO[C@H]1CC[C@H]2O[C@H](OC)CC[C@H]2O1. The Labute approximate surface area is 84.5 Å². The van der Waals surface area contributed by atoms with Crippen molar-refractivity contribution in [2.75, 3.05) is 14.2 Å². The molecule has 2 rings (SSSR count). The molecular formula is C10H18O4. The molecule has 0 spiro atoms. The second-order valence-corrected chi connectivity index (χ2v) is 3.83. The van der Waals surface area contributed by atoms with E-state index in [1.807, 2.05) is 0 Å². The van der Waals surface area contributed by atoms with E-state index >= 15 is 0 Å². The molecule has 2 aliphatic heterocycles. The van der Waals surface area contributed by atoms with Crippen molar-refractivity contribution in [3.63, 3.8) is 0 Å². The third-order valence-corrected chi connectivity index (χ3v) is 2.97. The van der Waals surface area contributed by atoms with Crippen LogP contribution in [-0.4, -0.2) is 39.0 Å². The fourth-order valence-electron chi connectivity index (χ4n) is 2.16. The summed E-state index contributed by atoms with van der Waals surface area (Å²) in [6.07, 6.45) is 4.13. The van der Waals surface area contributed by atoms with Crippen LogP contribution in [0.5, 0.6) is 0 Å². The zero-order chi connectivity index (χ0) is 9.97. The lowest BCUT2D eigenvalue weighted by molar-refractivity contribution is -0.278. The Morgan fingerprint density at radius 3 is 1.57 bits per heavy atom. The molecule has 0 aromatic heterocycles. The average molecular weight is 202 g/mol. The smallest absolute Gasteiger partial charge is 0.157 e. The Balaban J connectivity index is 1.88. The average Bonchev–Trinajstić information content (AvgIpc) is 2.27. The highest BCUT2D eigenvalue weighted by atomic mass is 16.7. The molecule has 0 unspecified atom stereocenters. The van der Waals surface area contributed by atoms with E-state index in [2.05, 4.69) is 0 Å². The van der Waals surface area contributed by atoms with Crippen LogP contribution in [0.3, 0.4) is 0 Å². The van der Waals surface area contributed by atoms with Gasteiger partial charge in [-0.05, 0) is 12.8 Å². The van der Waals surface area contributed by atoms with Gasteiger partial charge in [-0.1, -0.05) is 0 Å². The van der Waals surface area contributed by atoms with Crippen LogP contribution >= 0.6 is 0 Å². The Bertz CT molecular complexity index is 165. The maximum atomic E-state index is 5.73. The highest BCUT2D eigenvalue weighted by molar-refractivity contribution is 4.81. The van der Waals surface area contributed by atoms with Gasteiger partial charge in [-0.25, -0.2) is 0 Å². The van der Waals surface area contributed by atoms with Crippen LogP contribution in [0.15, 0.2) is 0 Å². The Morgan fingerprint density at radius 1 is 0.786 bits per heavy atom. The van der Waals surface area contributed by atoms with E-state index in [9.17, 15) is 0 Å². The summed E-state index contributed by atoms with van der Waals surface area (Å²) in [5, 5.41) is 0. The van der Waals surface area contributed by atoms with Crippen molar-refractivity contribution in [3.8, 4) is 0 Å². The van der Waals surface area contributed by atoms with Gasteiger partial charge in [-0.3, -0.25) is 0 Å². The Kier molecular flexibility index (Phi) is 3.38. The zero-order valence-electron chi connectivity index (χ0n) is 8.77. The Hall–Kier alpha value is -0.160. The summed E-state index contributed by atoms with van der Waals surface area (Å²) < 4.78 is 21.8. The molecule has 0 saturated carbocycles. The molecule has 14 heavy (non-hydrogen) atoms. The minimum Gasteiger partial charge on any atom is -0.356 e. The van der Waals surface area contributed by atoms with E-state index in [0.717, 1.165) is 25.7 Å². The largest absolute Gasteiger partial charge is 0.356 e. The monoisotopic (exact) mass is 202 g/mol. The molecule has 0 N–H and O–H groups in total. The highest BCUT2D eigenvalue weighted by Crippen LogP contribution is 2.31. The Morgan fingerprint density at radius 2 is 1.21 bits per heavy atom. The molecule has 2 aliphatic rings. The lowest BCUT2D eigenvalue weighted by Gasteiger charge is -2.41. The number of rotatable bonds is 2. The van der Waals surface area contributed by atoms with Crippen LogP contribution in [0.2, 0.25) is 0 Å². The molecule has 4 heteroatoms. The van der Waals surface area contributed by atoms with Crippen molar-refractivity contribution in [1.29, 1.82) is 0 Å². The summed E-state index contributed by atoms with van der Waals surface area (Å²) >= 11 is 0. The van der Waals surface area contributed by atoms with E-state index < -0.39 is 0 Å². The predicted molar refractivity (Wildman–Crippen MR) is 49.8 cm³/mol. The van der Waals surface area contributed by atoms with Crippen LogP contribution < -0.4 is 0 Å². The van der Waals surface area contributed by atoms with Crippen molar-refractivity contribution in [2.45, 2.75) is 50.5 Å². The van der Waals surface area contributed by atoms with E-state index in [-0.39, 0.29) is 24.8 Å². The number of hydrogen-bond donors (Lipinski definition) is 0. The minimum atomic E-state index is -0.0426. The first kappa shape index (κ1) is 10.4. The molecule has 0 radical (unpaired) electrons. The summed E-state index contributed by atoms with van der Waals surface area (Å²) in [5.41, 5.74) is 0. The molecule has 2 fully saturated rings. The highest BCUT2D eigenvalue weighted by Gasteiger charge is 2.37. The zero-order valence-corrected chi connectivity index (χ0v) is 8.77. The lowest BCUT2D eigenvalue weighted by Crippen LogP contribution is -2.46. The van der Waals surface area contributed by atoms with E-state index in [0.29, 0.717) is 0 Å². The van der Waals surface area contributed by atoms with Crippen LogP contribution in [0.25, 0.3) is 0 Å². The molecule has 0 amide bonds. The summed E-state index contributed by atoms with van der Waals surface area (Å²) in [7, 11) is 3.37. The van der Waals surface area contributed by atoms with Gasteiger partial charge < -0.3 is 18.9 Å². The normalized spacial score (nSPS) is 43.3. The molecule has 2 saturated heterocycles. The van der Waals surface area contributed by atoms with Crippen LogP contribution in [-0.2, 0) is 18.9 Å². The fourth-order valence-corrected chi connectivity index (χ4v) is 2.16. The maximum Gasteiger partial charge on any atom is 0.157 e. The quantitative estimate of drug-likeness (QED) is 0.676. The first-order valence-electron chi connectivity index (χ1n) is 5.20. The minimum absolute atomic E-state index is 0.0426. The van der Waals surface area contributed by atoms with Crippen LogP contribution in [0.4, 0.5) is 0 Å². The van der Waals surface area contributed by atoms with Gasteiger partial charge in [0.05, 0.1) is 12.2 Å². The summed E-state index contributed by atoms with van der Waals surface area (Å²) in [6.45, 7) is 0. The molecular weight excluding hydrogens is 184 g/mol. The van der Waals surface area contributed by atoms with Gasteiger partial charge in [0, 0.05) is 27.1 Å². The van der Waals surface area contributed by atoms with Gasteiger partial charge in [0.15, 0.2) is 12.6 Å². The van der Waals surface area contributed by atoms with Crippen molar-refractivity contribution in [1.82, 2.24) is 0 Å². The van der Waals surface area contributed by atoms with Gasteiger partial charge in [0.2, 0.25) is 0 Å². The van der Waals surface area contributed by atoms with E-state index in [4.69, 9.17) is 18.9 Å². The van der Waals surface area contributed by atoms with Gasteiger partial charge in [0.1, 0.15) is 0 Å². The molecule has 2 heterocycles. The van der Waals surface area contributed by atoms with Crippen LogP contribution in [0.1, 0.15) is 25.7 Å². The number of methoxy groups -OCH3 is 2. The molecule has 0 bridgehead atoms. The van der Waals surface area contributed by atoms with Crippen molar-refractivity contribution in [3.05, 3.63) is 0 Å². The van der Waals surface area contributed by atoms with Gasteiger partial charge >= 0.3 is 0 Å². The molecule has 0 aliphatic carbocycles. The first-order valence-corrected chi connectivity index (χ1v) is 5.20. The second kappa shape index (κ2) is 4.57. The van der Waals surface area contributed by atoms with Crippen LogP contribution in [0, 0.1) is 0 Å². The molecule has 82 valence electrons. The fraction of sp³-hybridized carbons (Fsp3) is 1.00. The van der Waals surface area contributed by atoms with Crippen molar-refractivity contribution < 1.29 is 18.9 Å². The first-order chi connectivity index (χ1) is 6.83. The summed E-state index contributed by atoms with van der Waals surface area (Å²) in [4.78, 5) is 0. The lowest BCUT2D eigenvalue weighted by atomic mass is 9.98. The standard InChI is InChI=1S/C10H18O4/c1-11-9-5-3-8-7(13-9)4-6-10(12-2)14-8/h7-10H,3-6H2,1-2H3/t7-,8-,9-,10+/m1/s1. The van der Waals surface area contributed by atoms with E-state index in [1.165, 1.54) is 0 Å². The number of fused-ring (bicyclic) bond motifs is 1. The molecule has 4 atom stereocenters. The third-order valence-electron chi connectivity index (χ3n) is 2.97. The second-order valence-electron chi connectivity index (χ2n) is 3.83. The van der Waals surface area contributed by atoms with Gasteiger partial charge in [0.25, 0.3) is 0 Å². The number of ether oxygens (including phenoxy) is 4. The predicted octanol–water partition coefficient (Wildman–Crippen LogP) is 1.29. The molecule has 4 nitrogen and oxygen atoms in total. The van der Waals surface area contributed by atoms with Gasteiger partial charge in [-0.2, -0.15) is 0 Å². The third kappa shape index (κ3) is 2.08. The summed E-state index contributed by atoms with van der Waals surface area (Å²) in [5.74, 6) is 0. The summed E-state index contributed by atoms with van der Waals surface area (Å²) in [6, 6.07) is 0. The molecule has 0 aromatic carbocycles. The van der Waals surface area contributed by atoms with Crippen molar-refractivity contribution >= 4 is 0 Å². The van der Waals surface area contributed by atoms with Gasteiger partial charge in [-0.15, -0.1) is 0 Å². The molecule has 0 aromatic rings. The number of hydrogen-bond acceptors (Lipinski definition) is 4.